The number of nitrogens with zero attached hydrogens (tertiary/aromatic N) is 1. The number of thiocarbonyl (C=S) groups is 1. The van der Waals surface area contributed by atoms with Crippen molar-refractivity contribution in [3.8, 4) is 0 Å². The number of hydrogen-bond acceptors (Lipinski definition) is 2. The molecule has 96 valence electrons. The van der Waals surface area contributed by atoms with Gasteiger partial charge in [-0.05, 0) is 37.0 Å². The summed E-state index contributed by atoms with van der Waals surface area (Å²) in [4.78, 5) is 14.4. The van der Waals surface area contributed by atoms with Crippen molar-refractivity contribution in [1.82, 2.24) is 0 Å². The van der Waals surface area contributed by atoms with Gasteiger partial charge in [0.05, 0.1) is 10.4 Å². The van der Waals surface area contributed by atoms with Gasteiger partial charge in [0, 0.05) is 12.7 Å². The predicted octanol–water partition coefficient (Wildman–Crippen LogP) is 2.28. The van der Waals surface area contributed by atoms with Crippen LogP contribution in [0.25, 0.3) is 0 Å². The summed E-state index contributed by atoms with van der Waals surface area (Å²) < 4.78 is 0. The molecule has 1 aromatic carbocycles. The fourth-order valence-corrected chi connectivity index (χ4v) is 2.38. The summed E-state index contributed by atoms with van der Waals surface area (Å²) in [6.07, 6.45) is 2.55. The standard InChI is InChI=1S/C14H18N2OS/c1-3-10-4-6-11(7-5-10)16(2)13(17)14(8-9-14)12(15)18/h4-7H,3,8-9H2,1-2H3,(H2,15,18). The van der Waals surface area contributed by atoms with Gasteiger partial charge in [0.15, 0.2) is 0 Å². The molecular formula is C14H18N2OS. The molecule has 2 rings (SSSR count). The van der Waals surface area contributed by atoms with Crippen molar-refractivity contribution in [1.29, 1.82) is 0 Å². The second-order valence-corrected chi connectivity index (χ2v) is 5.27. The van der Waals surface area contributed by atoms with Crippen LogP contribution in [0.15, 0.2) is 24.3 Å². The Labute approximate surface area is 113 Å². The van der Waals surface area contributed by atoms with E-state index in [4.69, 9.17) is 18.0 Å². The highest BCUT2D eigenvalue weighted by Crippen LogP contribution is 2.47. The van der Waals surface area contributed by atoms with Crippen molar-refractivity contribution in [3.63, 3.8) is 0 Å². The molecule has 1 aliphatic rings. The molecule has 4 heteroatoms. The lowest BCUT2D eigenvalue weighted by Gasteiger charge is -2.23. The van der Waals surface area contributed by atoms with Crippen LogP contribution in [0, 0.1) is 5.41 Å². The SMILES string of the molecule is CCc1ccc(N(C)C(=O)C2(C(N)=S)CC2)cc1. The molecule has 0 radical (unpaired) electrons. The summed E-state index contributed by atoms with van der Waals surface area (Å²) in [6.45, 7) is 2.11. The Balaban J connectivity index is 2.18. The van der Waals surface area contributed by atoms with E-state index in [1.165, 1.54) is 5.56 Å². The fourth-order valence-electron chi connectivity index (χ4n) is 2.08. The van der Waals surface area contributed by atoms with Crippen LogP contribution in [0.1, 0.15) is 25.3 Å². The molecule has 0 spiro atoms. The molecule has 3 nitrogen and oxygen atoms in total. The number of nitrogens with two attached hydrogens (primary N) is 1. The number of benzene rings is 1. The zero-order valence-corrected chi connectivity index (χ0v) is 11.6. The summed E-state index contributed by atoms with van der Waals surface area (Å²) >= 11 is 5.01. The first-order valence-corrected chi connectivity index (χ1v) is 6.59. The fraction of sp³-hybridized carbons (Fsp3) is 0.429. The third kappa shape index (κ3) is 2.12. The normalized spacial score (nSPS) is 16.1. The number of carbonyl (C=O) groups is 1. The molecule has 2 N–H and O–H groups in total. The Hall–Kier alpha value is -1.42. The first-order chi connectivity index (χ1) is 8.51. The van der Waals surface area contributed by atoms with Gasteiger partial charge in [0.1, 0.15) is 0 Å². The lowest BCUT2D eigenvalue weighted by atomic mass is 10.1. The number of amides is 1. The maximum atomic E-state index is 12.4. The average Bonchev–Trinajstić information content (AvgIpc) is 3.18. The molecule has 0 bridgehead atoms. The van der Waals surface area contributed by atoms with E-state index >= 15 is 0 Å². The largest absolute Gasteiger partial charge is 0.392 e. The van der Waals surface area contributed by atoms with E-state index in [0.29, 0.717) is 4.99 Å². The van der Waals surface area contributed by atoms with E-state index in [1.807, 2.05) is 24.3 Å². The molecule has 1 fully saturated rings. The van der Waals surface area contributed by atoms with Crippen LogP contribution < -0.4 is 10.6 Å². The lowest BCUT2D eigenvalue weighted by Crippen LogP contribution is -2.40. The summed E-state index contributed by atoms with van der Waals surface area (Å²) in [5.41, 5.74) is 7.25. The molecule has 0 aromatic heterocycles. The Morgan fingerprint density at radius 3 is 2.33 bits per heavy atom. The van der Waals surface area contributed by atoms with Gasteiger partial charge in [-0.1, -0.05) is 31.3 Å². The first-order valence-electron chi connectivity index (χ1n) is 6.18. The molecule has 0 heterocycles. The molecule has 0 aliphatic heterocycles. The molecule has 0 unspecified atom stereocenters. The topological polar surface area (TPSA) is 46.3 Å². The molecule has 18 heavy (non-hydrogen) atoms. The predicted molar refractivity (Wildman–Crippen MR) is 77.7 cm³/mol. The van der Waals surface area contributed by atoms with Crippen molar-refractivity contribution in [2.45, 2.75) is 26.2 Å². The molecule has 1 aromatic rings. The Bertz CT molecular complexity index is 477. The van der Waals surface area contributed by atoms with Crippen LogP contribution in [0.2, 0.25) is 0 Å². The van der Waals surface area contributed by atoms with E-state index in [2.05, 4.69) is 6.92 Å². The highest BCUT2D eigenvalue weighted by molar-refractivity contribution is 7.80. The van der Waals surface area contributed by atoms with Gasteiger partial charge in [0.25, 0.3) is 0 Å². The van der Waals surface area contributed by atoms with Gasteiger partial charge in [0.2, 0.25) is 5.91 Å². The van der Waals surface area contributed by atoms with Crippen molar-refractivity contribution >= 4 is 28.8 Å². The molecule has 1 saturated carbocycles. The van der Waals surface area contributed by atoms with E-state index in [-0.39, 0.29) is 5.91 Å². The van der Waals surface area contributed by atoms with Crippen LogP contribution in [-0.4, -0.2) is 17.9 Å². The van der Waals surface area contributed by atoms with Gasteiger partial charge in [-0.15, -0.1) is 0 Å². The zero-order valence-electron chi connectivity index (χ0n) is 10.8. The maximum Gasteiger partial charge on any atom is 0.239 e. The Morgan fingerprint density at radius 1 is 1.39 bits per heavy atom. The van der Waals surface area contributed by atoms with Gasteiger partial charge in [-0.2, -0.15) is 0 Å². The quantitative estimate of drug-likeness (QED) is 0.847. The number of aryl methyl sites for hydroxylation is 1. The van der Waals surface area contributed by atoms with E-state index in [1.54, 1.807) is 11.9 Å². The van der Waals surface area contributed by atoms with Crippen LogP contribution in [0.4, 0.5) is 5.69 Å². The van der Waals surface area contributed by atoms with Crippen LogP contribution in [0.3, 0.4) is 0 Å². The van der Waals surface area contributed by atoms with Gasteiger partial charge in [-0.25, -0.2) is 0 Å². The second kappa shape index (κ2) is 4.69. The van der Waals surface area contributed by atoms with Crippen molar-refractivity contribution in [2.75, 3.05) is 11.9 Å². The Morgan fingerprint density at radius 2 is 1.94 bits per heavy atom. The summed E-state index contributed by atoms with van der Waals surface area (Å²) in [5.74, 6) is 0.0132. The second-order valence-electron chi connectivity index (χ2n) is 4.83. The third-order valence-corrected chi connectivity index (χ3v) is 4.06. The summed E-state index contributed by atoms with van der Waals surface area (Å²) in [5, 5.41) is 0. The average molecular weight is 262 g/mol. The van der Waals surface area contributed by atoms with E-state index < -0.39 is 5.41 Å². The number of hydrogen-bond donors (Lipinski definition) is 1. The minimum Gasteiger partial charge on any atom is -0.392 e. The van der Waals surface area contributed by atoms with Crippen LogP contribution in [-0.2, 0) is 11.2 Å². The minimum atomic E-state index is -0.576. The van der Waals surface area contributed by atoms with Crippen molar-refractivity contribution in [3.05, 3.63) is 29.8 Å². The number of carbonyl (C=O) groups excluding carboxylic acids is 1. The van der Waals surface area contributed by atoms with Crippen molar-refractivity contribution < 1.29 is 4.79 Å². The molecule has 1 aliphatic carbocycles. The summed E-state index contributed by atoms with van der Waals surface area (Å²) in [6, 6.07) is 8.01. The first kappa shape index (κ1) is 13.0. The highest BCUT2D eigenvalue weighted by atomic mass is 32.1. The van der Waals surface area contributed by atoms with Gasteiger partial charge in [-0.3, -0.25) is 4.79 Å². The minimum absolute atomic E-state index is 0.0132. The van der Waals surface area contributed by atoms with E-state index in [0.717, 1.165) is 24.9 Å². The lowest BCUT2D eigenvalue weighted by molar-refractivity contribution is -0.121. The van der Waals surface area contributed by atoms with E-state index in [9.17, 15) is 4.79 Å². The van der Waals surface area contributed by atoms with Crippen LogP contribution >= 0.6 is 12.2 Å². The molecule has 0 saturated heterocycles. The smallest absolute Gasteiger partial charge is 0.239 e. The number of rotatable bonds is 4. The third-order valence-electron chi connectivity index (χ3n) is 3.67. The summed E-state index contributed by atoms with van der Waals surface area (Å²) in [7, 11) is 1.78. The van der Waals surface area contributed by atoms with Gasteiger partial charge < -0.3 is 10.6 Å². The van der Waals surface area contributed by atoms with Gasteiger partial charge >= 0.3 is 0 Å². The van der Waals surface area contributed by atoms with Crippen LogP contribution in [0.5, 0.6) is 0 Å². The molecular weight excluding hydrogens is 244 g/mol. The highest BCUT2D eigenvalue weighted by Gasteiger charge is 2.54. The maximum absolute atomic E-state index is 12.4. The zero-order chi connectivity index (χ0) is 13.3. The molecule has 1 amide bonds. The molecule has 0 atom stereocenters. The Kier molecular flexibility index (Phi) is 3.39. The monoisotopic (exact) mass is 262 g/mol. The number of anilines is 1. The van der Waals surface area contributed by atoms with Crippen molar-refractivity contribution in [2.24, 2.45) is 11.1 Å².